The van der Waals surface area contributed by atoms with Crippen molar-refractivity contribution < 1.29 is 4.79 Å². The lowest BCUT2D eigenvalue weighted by Gasteiger charge is -2.38. The average Bonchev–Trinajstić information content (AvgIpc) is 2.39. The predicted molar refractivity (Wildman–Crippen MR) is 77.4 cm³/mol. The molecule has 3 heteroatoms. The highest BCUT2D eigenvalue weighted by molar-refractivity contribution is 6.34. The van der Waals surface area contributed by atoms with Crippen LogP contribution in [0.3, 0.4) is 0 Å². The van der Waals surface area contributed by atoms with Crippen LogP contribution in [0.5, 0.6) is 0 Å². The lowest BCUT2D eigenvalue weighted by molar-refractivity contribution is 0.0608. The molecule has 0 heterocycles. The number of benzene rings is 1. The summed E-state index contributed by atoms with van der Waals surface area (Å²) in [6.07, 6.45) is 0.777. The van der Waals surface area contributed by atoms with Gasteiger partial charge in [-0.05, 0) is 38.6 Å². The van der Waals surface area contributed by atoms with Gasteiger partial charge in [-0.1, -0.05) is 44.5 Å². The fourth-order valence-corrected chi connectivity index (χ4v) is 2.61. The minimum absolute atomic E-state index is 0.110. The summed E-state index contributed by atoms with van der Waals surface area (Å²) in [6, 6.07) is 7.28. The van der Waals surface area contributed by atoms with Gasteiger partial charge in [0.25, 0.3) is 0 Å². The second-order valence-corrected chi connectivity index (χ2v) is 5.02. The van der Waals surface area contributed by atoms with Gasteiger partial charge in [0, 0.05) is 5.56 Å². The first-order valence-electron chi connectivity index (χ1n) is 6.55. The maximum absolute atomic E-state index is 12.8. The number of halogens is 1. The van der Waals surface area contributed by atoms with Crippen molar-refractivity contribution in [1.29, 1.82) is 0 Å². The predicted octanol–water partition coefficient (Wildman–Crippen LogP) is 4.03. The van der Waals surface area contributed by atoms with E-state index in [1.165, 1.54) is 0 Å². The highest BCUT2D eigenvalue weighted by Crippen LogP contribution is 2.27. The number of carbonyl (C=O) groups excluding carboxylic acids is 1. The summed E-state index contributed by atoms with van der Waals surface area (Å²) in [5, 5.41) is 0.536. The maximum Gasteiger partial charge on any atom is 0.184 e. The molecule has 2 nitrogen and oxygen atoms in total. The van der Waals surface area contributed by atoms with E-state index in [4.69, 9.17) is 11.6 Å². The maximum atomic E-state index is 12.8. The van der Waals surface area contributed by atoms with Gasteiger partial charge in [-0.2, -0.15) is 0 Å². The molecule has 1 aromatic carbocycles. The highest BCUT2D eigenvalue weighted by Gasteiger charge is 2.37. The van der Waals surface area contributed by atoms with Crippen LogP contribution in [0.1, 0.15) is 44.5 Å². The Bertz CT molecular complexity index is 415. The van der Waals surface area contributed by atoms with Crippen molar-refractivity contribution in [3.63, 3.8) is 0 Å². The molecule has 0 saturated heterocycles. The normalized spacial score (nSPS) is 14.6. The Kier molecular flexibility index (Phi) is 5.36. The van der Waals surface area contributed by atoms with Crippen LogP contribution >= 0.6 is 11.6 Å². The summed E-state index contributed by atoms with van der Waals surface area (Å²) >= 11 is 6.13. The molecule has 100 valence electrons. The third-order valence-electron chi connectivity index (χ3n) is 3.76. The van der Waals surface area contributed by atoms with Crippen LogP contribution in [0.2, 0.25) is 5.02 Å². The molecule has 0 bridgehead atoms. The zero-order valence-electron chi connectivity index (χ0n) is 11.7. The lowest BCUT2D eigenvalue weighted by Crippen LogP contribution is -2.52. The fraction of sp³-hybridized carbons (Fsp3) is 0.533. The van der Waals surface area contributed by atoms with E-state index in [-0.39, 0.29) is 5.78 Å². The Labute approximate surface area is 115 Å². The molecule has 0 saturated carbocycles. The third-order valence-corrected chi connectivity index (χ3v) is 4.09. The average molecular weight is 268 g/mol. The van der Waals surface area contributed by atoms with Crippen LogP contribution in [-0.4, -0.2) is 29.3 Å². The van der Waals surface area contributed by atoms with Gasteiger partial charge < -0.3 is 0 Å². The van der Waals surface area contributed by atoms with Crippen molar-refractivity contribution in [2.24, 2.45) is 0 Å². The zero-order chi connectivity index (χ0) is 13.8. The molecule has 18 heavy (non-hydrogen) atoms. The van der Waals surface area contributed by atoms with E-state index >= 15 is 0 Å². The molecule has 0 amide bonds. The molecule has 0 aromatic heterocycles. The lowest BCUT2D eigenvalue weighted by atomic mass is 9.86. The number of rotatable bonds is 6. The summed E-state index contributed by atoms with van der Waals surface area (Å²) in [5.41, 5.74) is 0.143. The largest absolute Gasteiger partial charge is 0.292 e. The van der Waals surface area contributed by atoms with Crippen LogP contribution in [-0.2, 0) is 0 Å². The first kappa shape index (κ1) is 15.2. The molecule has 1 atom stereocenters. The second-order valence-electron chi connectivity index (χ2n) is 4.61. The summed E-state index contributed by atoms with van der Waals surface area (Å²) in [7, 11) is 0. The van der Waals surface area contributed by atoms with Crippen LogP contribution in [0.15, 0.2) is 24.3 Å². The van der Waals surface area contributed by atoms with E-state index in [0.717, 1.165) is 19.5 Å². The van der Waals surface area contributed by atoms with E-state index in [2.05, 4.69) is 18.7 Å². The standard InChI is InChI=1S/C15H22ClNO/c1-5-15(4,17(6-2)7-3)14(18)12-10-8-9-11-13(12)16/h8-11H,5-7H2,1-4H3. The molecule has 0 radical (unpaired) electrons. The number of hydrogen-bond donors (Lipinski definition) is 0. The van der Waals surface area contributed by atoms with Crippen molar-refractivity contribution in [3.8, 4) is 0 Å². The minimum atomic E-state index is -0.478. The van der Waals surface area contributed by atoms with E-state index in [1.54, 1.807) is 6.07 Å². The minimum Gasteiger partial charge on any atom is -0.292 e. The molecule has 0 spiro atoms. The van der Waals surface area contributed by atoms with Crippen molar-refractivity contribution in [2.45, 2.75) is 39.7 Å². The van der Waals surface area contributed by atoms with Crippen molar-refractivity contribution in [3.05, 3.63) is 34.9 Å². The number of nitrogens with zero attached hydrogens (tertiary/aromatic N) is 1. The fourth-order valence-electron chi connectivity index (χ4n) is 2.38. The number of carbonyl (C=O) groups is 1. The van der Waals surface area contributed by atoms with Gasteiger partial charge in [-0.15, -0.1) is 0 Å². The molecular weight excluding hydrogens is 246 g/mol. The Morgan fingerprint density at radius 2 is 1.78 bits per heavy atom. The quantitative estimate of drug-likeness (QED) is 0.725. The number of likely N-dealkylation sites (N-methyl/N-ethyl adjacent to an activating group) is 1. The first-order valence-corrected chi connectivity index (χ1v) is 6.93. The number of hydrogen-bond acceptors (Lipinski definition) is 2. The number of Topliss-reactive ketones (excluding diaryl/α,β-unsaturated/α-hetero) is 1. The van der Waals surface area contributed by atoms with Gasteiger partial charge >= 0.3 is 0 Å². The molecule has 0 aliphatic carbocycles. The summed E-state index contributed by atoms with van der Waals surface area (Å²) in [5.74, 6) is 0.110. The first-order chi connectivity index (χ1) is 8.51. The summed E-state index contributed by atoms with van der Waals surface area (Å²) < 4.78 is 0. The number of ketones is 1. The van der Waals surface area contributed by atoms with Crippen molar-refractivity contribution >= 4 is 17.4 Å². The van der Waals surface area contributed by atoms with E-state index < -0.39 is 5.54 Å². The van der Waals surface area contributed by atoms with Gasteiger partial charge in [0.2, 0.25) is 0 Å². The molecule has 0 aliphatic heterocycles. The smallest absolute Gasteiger partial charge is 0.184 e. The Hall–Kier alpha value is -0.860. The highest BCUT2D eigenvalue weighted by atomic mass is 35.5. The molecule has 1 unspecified atom stereocenters. The van der Waals surface area contributed by atoms with Crippen molar-refractivity contribution in [2.75, 3.05) is 13.1 Å². The van der Waals surface area contributed by atoms with Crippen molar-refractivity contribution in [1.82, 2.24) is 4.90 Å². The third kappa shape index (κ3) is 2.76. The van der Waals surface area contributed by atoms with E-state index in [1.807, 2.05) is 32.0 Å². The molecule has 0 fully saturated rings. The van der Waals surface area contributed by atoms with Gasteiger partial charge in [0.1, 0.15) is 0 Å². The summed E-state index contributed by atoms with van der Waals surface area (Å²) in [6.45, 7) is 9.93. The molecular formula is C15H22ClNO. The van der Waals surface area contributed by atoms with Crippen LogP contribution < -0.4 is 0 Å². The van der Waals surface area contributed by atoms with Gasteiger partial charge in [-0.25, -0.2) is 0 Å². The van der Waals surface area contributed by atoms with Gasteiger partial charge in [0.05, 0.1) is 10.6 Å². The molecule has 1 aromatic rings. The van der Waals surface area contributed by atoms with Crippen LogP contribution in [0.25, 0.3) is 0 Å². The summed E-state index contributed by atoms with van der Waals surface area (Å²) in [4.78, 5) is 14.9. The van der Waals surface area contributed by atoms with Crippen LogP contribution in [0.4, 0.5) is 0 Å². The van der Waals surface area contributed by atoms with Gasteiger partial charge in [-0.3, -0.25) is 9.69 Å². The Morgan fingerprint density at radius 1 is 1.22 bits per heavy atom. The van der Waals surface area contributed by atoms with E-state index in [9.17, 15) is 4.79 Å². The second kappa shape index (κ2) is 6.35. The topological polar surface area (TPSA) is 20.3 Å². The Morgan fingerprint density at radius 3 is 2.22 bits per heavy atom. The van der Waals surface area contributed by atoms with Gasteiger partial charge in [0.15, 0.2) is 5.78 Å². The molecule has 1 rings (SSSR count). The molecule has 0 N–H and O–H groups in total. The SMILES string of the molecule is CCN(CC)C(C)(CC)C(=O)c1ccccc1Cl. The Balaban J connectivity index is 3.17. The monoisotopic (exact) mass is 267 g/mol. The van der Waals surface area contributed by atoms with E-state index in [0.29, 0.717) is 10.6 Å². The molecule has 0 aliphatic rings. The van der Waals surface area contributed by atoms with Crippen LogP contribution in [0, 0.1) is 0 Å². The zero-order valence-corrected chi connectivity index (χ0v) is 12.4.